The van der Waals surface area contributed by atoms with Crippen LogP contribution >= 0.6 is 0 Å². The predicted octanol–water partition coefficient (Wildman–Crippen LogP) is 3.73. The number of nitrogens with one attached hydrogen (secondary N) is 1. The van der Waals surface area contributed by atoms with Gasteiger partial charge in [0.2, 0.25) is 5.91 Å². The third kappa shape index (κ3) is 4.35. The lowest BCUT2D eigenvalue weighted by Gasteiger charge is -2.07. The molecule has 0 saturated heterocycles. The van der Waals surface area contributed by atoms with E-state index in [0.29, 0.717) is 11.3 Å². The lowest BCUT2D eigenvalue weighted by atomic mass is 10.1. The number of halogens is 2. The van der Waals surface area contributed by atoms with Crippen LogP contribution in [0.2, 0.25) is 0 Å². The Balaban J connectivity index is 1.62. The average molecular weight is 341 g/mol. The summed E-state index contributed by atoms with van der Waals surface area (Å²) in [7, 11) is 0. The largest absolute Gasteiger partial charge is 0.421 e. The van der Waals surface area contributed by atoms with Crippen molar-refractivity contribution in [2.24, 2.45) is 0 Å². The van der Waals surface area contributed by atoms with E-state index < -0.39 is 17.5 Å². The van der Waals surface area contributed by atoms with Crippen molar-refractivity contribution in [3.63, 3.8) is 0 Å². The topological polar surface area (TPSA) is 64.1 Å². The lowest BCUT2D eigenvalue weighted by molar-refractivity contribution is -0.115. The lowest BCUT2D eigenvalue weighted by Crippen LogP contribution is -2.15. The first-order chi connectivity index (χ1) is 12.1. The van der Waals surface area contributed by atoms with Crippen molar-refractivity contribution < 1.29 is 18.3 Å². The van der Waals surface area contributed by atoms with E-state index in [-0.39, 0.29) is 18.2 Å². The van der Waals surface area contributed by atoms with Gasteiger partial charge in [-0.3, -0.25) is 4.79 Å². The summed E-state index contributed by atoms with van der Waals surface area (Å²) >= 11 is 0. The van der Waals surface area contributed by atoms with Crippen molar-refractivity contribution >= 4 is 11.6 Å². The number of anilines is 1. The standard InChI is InChI=1S/C18H13F2N3O2/c19-14-6-2-1-5-12(14)9-17(24)23-13-10-21-18(22-11-13)25-16-8-4-3-7-15(16)20/h1-8,10-11H,9H2,(H,23,24). The van der Waals surface area contributed by atoms with Gasteiger partial charge in [0.25, 0.3) is 0 Å². The minimum Gasteiger partial charge on any atom is -0.421 e. The van der Waals surface area contributed by atoms with Crippen LogP contribution in [0.3, 0.4) is 0 Å². The molecule has 0 spiro atoms. The first kappa shape index (κ1) is 16.5. The fourth-order valence-electron chi connectivity index (χ4n) is 2.08. The molecule has 0 fully saturated rings. The summed E-state index contributed by atoms with van der Waals surface area (Å²) < 4.78 is 32.2. The number of hydrogen-bond donors (Lipinski definition) is 1. The van der Waals surface area contributed by atoms with Crippen LogP contribution in [-0.2, 0) is 11.2 Å². The number of amides is 1. The monoisotopic (exact) mass is 341 g/mol. The van der Waals surface area contributed by atoms with Crippen LogP contribution in [0.25, 0.3) is 0 Å². The SMILES string of the molecule is O=C(Cc1ccccc1F)Nc1cnc(Oc2ccccc2F)nc1. The number of ether oxygens (including phenoxy) is 1. The van der Waals surface area contributed by atoms with Crippen molar-refractivity contribution in [1.82, 2.24) is 9.97 Å². The molecular weight excluding hydrogens is 328 g/mol. The Morgan fingerprint density at radius 3 is 2.28 bits per heavy atom. The smallest absolute Gasteiger partial charge is 0.322 e. The Morgan fingerprint density at radius 2 is 1.60 bits per heavy atom. The van der Waals surface area contributed by atoms with Crippen molar-refractivity contribution in [3.05, 3.63) is 78.1 Å². The summed E-state index contributed by atoms with van der Waals surface area (Å²) in [6.07, 6.45) is 2.53. The van der Waals surface area contributed by atoms with Gasteiger partial charge in [0.1, 0.15) is 5.82 Å². The van der Waals surface area contributed by atoms with Crippen LogP contribution < -0.4 is 10.1 Å². The Bertz CT molecular complexity index is 885. The van der Waals surface area contributed by atoms with E-state index in [1.54, 1.807) is 18.2 Å². The van der Waals surface area contributed by atoms with Crippen LogP contribution in [0, 0.1) is 11.6 Å². The number of hydrogen-bond acceptors (Lipinski definition) is 4. The first-order valence-corrected chi connectivity index (χ1v) is 7.39. The maximum Gasteiger partial charge on any atom is 0.322 e. The van der Waals surface area contributed by atoms with Crippen molar-refractivity contribution in [1.29, 1.82) is 0 Å². The van der Waals surface area contributed by atoms with Crippen LogP contribution in [0.1, 0.15) is 5.56 Å². The predicted molar refractivity (Wildman–Crippen MR) is 87.2 cm³/mol. The molecule has 3 rings (SSSR count). The van der Waals surface area contributed by atoms with Crippen molar-refractivity contribution in [2.45, 2.75) is 6.42 Å². The number of nitrogens with zero attached hydrogens (tertiary/aromatic N) is 2. The molecular formula is C18H13F2N3O2. The van der Waals surface area contributed by atoms with Crippen LogP contribution in [0.5, 0.6) is 11.8 Å². The summed E-state index contributed by atoms with van der Waals surface area (Å²) in [6, 6.07) is 11.8. The fraction of sp³-hybridized carbons (Fsp3) is 0.0556. The number of benzene rings is 2. The summed E-state index contributed by atoms with van der Waals surface area (Å²) in [5.41, 5.74) is 0.614. The van der Waals surface area contributed by atoms with Gasteiger partial charge in [-0.2, -0.15) is 0 Å². The van der Waals surface area contributed by atoms with E-state index >= 15 is 0 Å². The maximum absolute atomic E-state index is 13.5. The number of rotatable bonds is 5. The highest BCUT2D eigenvalue weighted by molar-refractivity contribution is 5.91. The Hall–Kier alpha value is -3.35. The second kappa shape index (κ2) is 7.48. The van der Waals surface area contributed by atoms with E-state index in [1.807, 2.05) is 0 Å². The molecule has 3 aromatic rings. The van der Waals surface area contributed by atoms with Gasteiger partial charge in [0, 0.05) is 0 Å². The zero-order valence-corrected chi connectivity index (χ0v) is 12.9. The Kier molecular flexibility index (Phi) is 4.94. The number of carbonyl (C=O) groups is 1. The van der Waals surface area contributed by atoms with E-state index in [1.165, 1.54) is 42.7 Å². The van der Waals surface area contributed by atoms with Gasteiger partial charge in [-0.25, -0.2) is 18.7 Å². The fourth-order valence-corrected chi connectivity index (χ4v) is 2.08. The quantitative estimate of drug-likeness (QED) is 0.768. The van der Waals surface area contributed by atoms with Gasteiger partial charge in [0.05, 0.1) is 24.5 Å². The normalized spacial score (nSPS) is 10.3. The van der Waals surface area contributed by atoms with E-state index in [9.17, 15) is 13.6 Å². The van der Waals surface area contributed by atoms with Gasteiger partial charge in [-0.15, -0.1) is 0 Å². The molecule has 0 unspecified atom stereocenters. The number of carbonyl (C=O) groups excluding carboxylic acids is 1. The molecule has 1 aromatic heterocycles. The van der Waals surface area contributed by atoms with Crippen molar-refractivity contribution in [3.8, 4) is 11.8 Å². The minimum absolute atomic E-state index is 0.00108. The molecule has 7 heteroatoms. The maximum atomic E-state index is 13.5. The molecule has 1 heterocycles. The highest BCUT2D eigenvalue weighted by Crippen LogP contribution is 2.21. The third-order valence-corrected chi connectivity index (χ3v) is 3.26. The Morgan fingerprint density at radius 1 is 0.960 bits per heavy atom. The second-order valence-electron chi connectivity index (χ2n) is 5.10. The molecule has 0 aliphatic carbocycles. The molecule has 1 N–H and O–H groups in total. The van der Waals surface area contributed by atoms with Gasteiger partial charge in [-0.1, -0.05) is 30.3 Å². The molecule has 0 aliphatic rings. The van der Waals surface area contributed by atoms with Crippen LogP contribution in [-0.4, -0.2) is 15.9 Å². The zero-order valence-electron chi connectivity index (χ0n) is 12.9. The highest BCUT2D eigenvalue weighted by Gasteiger charge is 2.09. The summed E-state index contributed by atoms with van der Waals surface area (Å²) in [5.74, 6) is -1.38. The zero-order chi connectivity index (χ0) is 17.6. The van der Waals surface area contributed by atoms with E-state index in [0.717, 1.165) is 0 Å². The molecule has 5 nitrogen and oxygen atoms in total. The number of aromatic nitrogens is 2. The second-order valence-corrected chi connectivity index (χ2v) is 5.10. The molecule has 2 aromatic carbocycles. The molecule has 25 heavy (non-hydrogen) atoms. The Labute approximate surface area is 142 Å². The molecule has 0 aliphatic heterocycles. The third-order valence-electron chi connectivity index (χ3n) is 3.26. The summed E-state index contributed by atoms with van der Waals surface area (Å²) in [6.45, 7) is 0. The highest BCUT2D eigenvalue weighted by atomic mass is 19.1. The average Bonchev–Trinajstić information content (AvgIpc) is 2.61. The molecule has 0 saturated carbocycles. The molecule has 0 radical (unpaired) electrons. The first-order valence-electron chi connectivity index (χ1n) is 7.39. The van der Waals surface area contributed by atoms with Gasteiger partial charge in [-0.05, 0) is 23.8 Å². The van der Waals surface area contributed by atoms with Crippen molar-refractivity contribution in [2.75, 3.05) is 5.32 Å². The van der Waals surface area contributed by atoms with E-state index in [2.05, 4.69) is 15.3 Å². The summed E-state index contributed by atoms with van der Waals surface area (Å²) in [4.78, 5) is 19.7. The van der Waals surface area contributed by atoms with Crippen LogP contribution in [0.15, 0.2) is 60.9 Å². The molecule has 1 amide bonds. The number of para-hydroxylation sites is 1. The summed E-state index contributed by atoms with van der Waals surface area (Å²) in [5, 5.41) is 2.56. The molecule has 0 bridgehead atoms. The minimum atomic E-state index is -0.534. The van der Waals surface area contributed by atoms with Gasteiger partial charge < -0.3 is 10.1 Å². The molecule has 0 atom stereocenters. The van der Waals surface area contributed by atoms with Gasteiger partial charge >= 0.3 is 6.01 Å². The van der Waals surface area contributed by atoms with Gasteiger partial charge in [0.15, 0.2) is 11.6 Å². The van der Waals surface area contributed by atoms with E-state index in [4.69, 9.17) is 4.74 Å². The van der Waals surface area contributed by atoms with Crippen LogP contribution in [0.4, 0.5) is 14.5 Å². The molecule has 126 valence electrons.